The standard InChI is InChI=1S/C17H11ClF3N3O5S/c1-24-9(4-10(23-24)17(19,20)21)7-2-6(18)3-8-13(27)12(16(29)30-14(7)8)15(28)22-5-11(25)26/h2-4,29H,5H2,1H3,(H,22,28)(H,25,26). The Morgan fingerprint density at radius 1 is 1.30 bits per heavy atom. The Bertz CT molecular complexity index is 1250. The molecule has 0 radical (unpaired) electrons. The van der Waals surface area contributed by atoms with Crippen LogP contribution in [-0.2, 0) is 18.0 Å². The van der Waals surface area contributed by atoms with Gasteiger partial charge in [-0.15, -0.1) is 0 Å². The zero-order valence-corrected chi connectivity index (χ0v) is 16.4. The zero-order chi connectivity index (χ0) is 22.4. The SMILES string of the molecule is Cn1nc(C(F)(F)F)cc1-c1cc(Cl)cc2c(=O)c(C(=O)NCC(=O)O)c(O)sc12. The second kappa shape index (κ2) is 7.61. The van der Waals surface area contributed by atoms with E-state index in [2.05, 4.69) is 5.10 Å². The summed E-state index contributed by atoms with van der Waals surface area (Å²) >= 11 is 6.61. The fraction of sp³-hybridized carbons (Fsp3) is 0.176. The van der Waals surface area contributed by atoms with Crippen LogP contribution in [0.4, 0.5) is 13.2 Å². The topological polar surface area (TPSA) is 122 Å². The van der Waals surface area contributed by atoms with E-state index in [1.165, 1.54) is 19.2 Å². The molecule has 8 nitrogen and oxygen atoms in total. The van der Waals surface area contributed by atoms with Crippen LogP contribution in [0, 0.1) is 0 Å². The second-order valence-electron chi connectivity index (χ2n) is 6.05. The Morgan fingerprint density at radius 3 is 2.53 bits per heavy atom. The molecule has 0 bridgehead atoms. The normalized spacial score (nSPS) is 11.6. The van der Waals surface area contributed by atoms with Gasteiger partial charge in [-0.05, 0) is 18.2 Å². The van der Waals surface area contributed by atoms with Gasteiger partial charge in [-0.25, -0.2) is 0 Å². The van der Waals surface area contributed by atoms with Crippen LogP contribution in [0.1, 0.15) is 16.1 Å². The first-order valence-electron chi connectivity index (χ1n) is 8.01. The number of benzene rings is 1. The molecule has 13 heteroatoms. The van der Waals surface area contributed by atoms with Gasteiger partial charge in [0, 0.05) is 23.0 Å². The molecule has 0 saturated carbocycles. The Labute approximate surface area is 174 Å². The predicted octanol–water partition coefficient (Wildman–Crippen LogP) is 2.85. The smallest absolute Gasteiger partial charge is 0.435 e. The Balaban J connectivity index is 2.25. The number of nitrogens with one attached hydrogen (secondary N) is 1. The van der Waals surface area contributed by atoms with Crippen molar-refractivity contribution in [1.82, 2.24) is 15.1 Å². The Morgan fingerprint density at radius 2 is 1.97 bits per heavy atom. The lowest BCUT2D eigenvalue weighted by Crippen LogP contribution is -2.32. The van der Waals surface area contributed by atoms with E-state index in [4.69, 9.17) is 16.7 Å². The summed E-state index contributed by atoms with van der Waals surface area (Å²) in [5.74, 6) is -2.47. The third kappa shape index (κ3) is 3.96. The molecule has 0 aliphatic rings. The average molecular weight is 462 g/mol. The number of hydrogen-bond donors (Lipinski definition) is 3. The number of alkyl halides is 3. The van der Waals surface area contributed by atoms with E-state index in [0.29, 0.717) is 11.3 Å². The summed E-state index contributed by atoms with van der Waals surface area (Å²) in [7, 11) is 1.27. The van der Waals surface area contributed by atoms with Gasteiger partial charge in [-0.1, -0.05) is 22.9 Å². The molecule has 30 heavy (non-hydrogen) atoms. The van der Waals surface area contributed by atoms with Gasteiger partial charge in [0.15, 0.2) is 10.8 Å². The molecule has 1 amide bonds. The highest BCUT2D eigenvalue weighted by molar-refractivity contribution is 7.20. The van der Waals surface area contributed by atoms with Crippen LogP contribution in [0.15, 0.2) is 23.0 Å². The summed E-state index contributed by atoms with van der Waals surface area (Å²) in [4.78, 5) is 35.5. The van der Waals surface area contributed by atoms with Gasteiger partial charge in [-0.3, -0.25) is 19.1 Å². The molecule has 3 rings (SSSR count). The molecule has 1 aromatic carbocycles. The lowest BCUT2D eigenvalue weighted by molar-refractivity contribution is -0.141. The van der Waals surface area contributed by atoms with Gasteiger partial charge in [0.2, 0.25) is 5.43 Å². The summed E-state index contributed by atoms with van der Waals surface area (Å²) < 4.78 is 40.1. The van der Waals surface area contributed by atoms with Gasteiger partial charge >= 0.3 is 12.1 Å². The van der Waals surface area contributed by atoms with Crippen molar-refractivity contribution in [2.75, 3.05) is 6.54 Å². The summed E-state index contributed by atoms with van der Waals surface area (Å²) in [6, 6.07) is 3.28. The fourth-order valence-corrected chi connectivity index (χ4v) is 3.98. The maximum Gasteiger partial charge on any atom is 0.435 e. The number of carboxylic acids is 1. The minimum absolute atomic E-state index is 0.000794. The lowest BCUT2D eigenvalue weighted by atomic mass is 10.1. The van der Waals surface area contributed by atoms with E-state index in [0.717, 1.165) is 10.7 Å². The number of amides is 1. The summed E-state index contributed by atoms with van der Waals surface area (Å²) in [6.45, 7) is -0.781. The molecule has 3 aromatic rings. The molecule has 3 N–H and O–H groups in total. The molecule has 2 heterocycles. The van der Waals surface area contributed by atoms with Gasteiger partial charge in [0.05, 0.1) is 10.4 Å². The first-order chi connectivity index (χ1) is 13.9. The number of carbonyl (C=O) groups excluding carboxylic acids is 1. The number of aromatic nitrogens is 2. The molecule has 0 unspecified atom stereocenters. The van der Waals surface area contributed by atoms with Crippen molar-refractivity contribution in [2.45, 2.75) is 6.18 Å². The average Bonchev–Trinajstić information content (AvgIpc) is 3.02. The van der Waals surface area contributed by atoms with Crippen molar-refractivity contribution in [3.05, 3.63) is 44.7 Å². The minimum atomic E-state index is -4.70. The van der Waals surface area contributed by atoms with Crippen LogP contribution in [0.3, 0.4) is 0 Å². The number of carboxylic acid groups (broad SMARTS) is 1. The number of rotatable bonds is 4. The van der Waals surface area contributed by atoms with Gasteiger partial charge < -0.3 is 15.5 Å². The van der Waals surface area contributed by atoms with Crippen LogP contribution < -0.4 is 10.7 Å². The van der Waals surface area contributed by atoms with Crippen molar-refractivity contribution < 1.29 is 33.0 Å². The van der Waals surface area contributed by atoms with Crippen LogP contribution in [0.25, 0.3) is 21.3 Å². The first kappa shape index (κ1) is 21.6. The highest BCUT2D eigenvalue weighted by Crippen LogP contribution is 2.39. The number of aromatic hydroxyl groups is 1. The van der Waals surface area contributed by atoms with Gasteiger partial charge in [-0.2, -0.15) is 18.3 Å². The molecular formula is C17H11ClF3N3O5S. The maximum atomic E-state index is 13.0. The molecule has 0 saturated heterocycles. The van der Waals surface area contributed by atoms with E-state index >= 15 is 0 Å². The second-order valence-corrected chi connectivity index (χ2v) is 7.49. The summed E-state index contributed by atoms with van der Waals surface area (Å²) in [5.41, 5.74) is -2.73. The van der Waals surface area contributed by atoms with E-state index in [1.54, 1.807) is 0 Å². The molecule has 0 fully saturated rings. The highest BCUT2D eigenvalue weighted by atomic mass is 35.5. The number of carbonyl (C=O) groups is 2. The molecule has 158 valence electrons. The number of hydrogen-bond acceptors (Lipinski definition) is 6. The van der Waals surface area contributed by atoms with Crippen molar-refractivity contribution in [3.63, 3.8) is 0 Å². The molecule has 2 aromatic heterocycles. The number of nitrogens with zero attached hydrogens (tertiary/aromatic N) is 2. The number of aryl methyl sites for hydroxylation is 1. The number of halogens is 4. The Hall–Kier alpha value is -3.12. The van der Waals surface area contributed by atoms with Crippen LogP contribution in [0.5, 0.6) is 5.06 Å². The number of fused-ring (bicyclic) bond motifs is 1. The zero-order valence-electron chi connectivity index (χ0n) is 14.9. The van der Waals surface area contributed by atoms with Crippen LogP contribution in [0.2, 0.25) is 5.02 Å². The minimum Gasteiger partial charge on any atom is -0.499 e. The van der Waals surface area contributed by atoms with Crippen molar-refractivity contribution >= 4 is 44.9 Å². The lowest BCUT2D eigenvalue weighted by Gasteiger charge is -2.10. The van der Waals surface area contributed by atoms with Crippen LogP contribution in [-0.4, -0.2) is 38.4 Å². The third-order valence-electron chi connectivity index (χ3n) is 4.01. The van der Waals surface area contributed by atoms with Crippen molar-refractivity contribution in [3.8, 4) is 16.3 Å². The molecule has 0 aliphatic carbocycles. The third-order valence-corrected chi connectivity index (χ3v) is 5.27. The Kier molecular flexibility index (Phi) is 5.48. The van der Waals surface area contributed by atoms with Gasteiger partial charge in [0.25, 0.3) is 5.91 Å². The predicted molar refractivity (Wildman–Crippen MR) is 102 cm³/mol. The van der Waals surface area contributed by atoms with E-state index in [9.17, 15) is 32.7 Å². The molecule has 0 spiro atoms. The van der Waals surface area contributed by atoms with E-state index < -0.39 is 46.3 Å². The molecule has 0 atom stereocenters. The highest BCUT2D eigenvalue weighted by Gasteiger charge is 2.35. The number of aliphatic carboxylic acids is 1. The van der Waals surface area contributed by atoms with Crippen LogP contribution >= 0.6 is 22.9 Å². The molecule has 0 aliphatic heterocycles. The monoisotopic (exact) mass is 461 g/mol. The van der Waals surface area contributed by atoms with Gasteiger partial charge in [0.1, 0.15) is 12.1 Å². The van der Waals surface area contributed by atoms with Crippen molar-refractivity contribution in [2.24, 2.45) is 7.05 Å². The first-order valence-corrected chi connectivity index (χ1v) is 9.20. The maximum absolute atomic E-state index is 13.0. The molecular weight excluding hydrogens is 451 g/mol. The summed E-state index contributed by atoms with van der Waals surface area (Å²) in [6.07, 6.45) is -4.70. The quantitative estimate of drug-likeness (QED) is 0.549. The van der Waals surface area contributed by atoms with E-state index in [1.807, 2.05) is 5.32 Å². The van der Waals surface area contributed by atoms with E-state index in [-0.39, 0.29) is 26.4 Å². The fourth-order valence-electron chi connectivity index (χ4n) is 2.74. The largest absolute Gasteiger partial charge is 0.499 e. The summed E-state index contributed by atoms with van der Waals surface area (Å²) in [5, 5.41) is 23.4. The van der Waals surface area contributed by atoms with Crippen molar-refractivity contribution in [1.29, 1.82) is 0 Å².